The minimum atomic E-state index is -2.07. The number of hydrogen-bond acceptors (Lipinski definition) is 6. The van der Waals surface area contributed by atoms with Gasteiger partial charge in [0.1, 0.15) is 5.82 Å². The van der Waals surface area contributed by atoms with Crippen LogP contribution in [0.15, 0.2) is 11.0 Å². The average molecular weight is 596 g/mol. The van der Waals surface area contributed by atoms with Gasteiger partial charge in [-0.15, -0.1) is 0 Å². The smallest absolute Gasteiger partial charge is 0.349 e. The van der Waals surface area contributed by atoms with Gasteiger partial charge in [0.25, 0.3) is 0 Å². The van der Waals surface area contributed by atoms with E-state index in [1.807, 2.05) is 0 Å². The molecule has 7 nitrogen and oxygen atoms in total. The molecule has 184 valence electrons. The van der Waals surface area contributed by atoms with E-state index in [0.717, 1.165) is 9.99 Å². The number of halogens is 1. The predicted molar refractivity (Wildman–Crippen MR) is 144 cm³/mol. The first-order valence-electron chi connectivity index (χ1n) is 11.4. The van der Waals surface area contributed by atoms with Crippen molar-refractivity contribution in [2.75, 3.05) is 12.3 Å². The SMILES string of the molecule is CC(C)(C)[Si](C)(C)OC[C@H]1C[C@@H](n2cc(I)c(N)nc2=O)C[C@H]1OO[Si](C)(C)C(C)(C)C. The molecule has 0 spiro atoms. The summed E-state index contributed by atoms with van der Waals surface area (Å²) in [5.74, 6) is 0.415. The Morgan fingerprint density at radius 3 is 2.19 bits per heavy atom. The van der Waals surface area contributed by atoms with Gasteiger partial charge < -0.3 is 10.2 Å². The van der Waals surface area contributed by atoms with E-state index < -0.39 is 16.6 Å². The lowest BCUT2D eigenvalue weighted by atomic mass is 10.1. The summed E-state index contributed by atoms with van der Waals surface area (Å²) in [7, 11) is -3.98. The lowest BCUT2D eigenvalue weighted by molar-refractivity contribution is -0.267. The minimum Gasteiger partial charge on any atom is -0.416 e. The zero-order chi connectivity index (χ0) is 24.7. The summed E-state index contributed by atoms with van der Waals surface area (Å²) in [6.07, 6.45) is 3.13. The highest BCUT2D eigenvalue weighted by atomic mass is 127. The second-order valence-corrected chi connectivity index (χ2v) is 22.8. The van der Waals surface area contributed by atoms with Crippen LogP contribution in [-0.2, 0) is 13.9 Å². The van der Waals surface area contributed by atoms with Crippen LogP contribution in [0.3, 0.4) is 0 Å². The third-order valence-electron chi connectivity index (χ3n) is 7.58. The summed E-state index contributed by atoms with van der Waals surface area (Å²) >= 11 is 2.12. The Hall–Kier alpha value is -0.276. The number of nitrogens with two attached hydrogens (primary N) is 1. The van der Waals surface area contributed by atoms with Crippen molar-refractivity contribution in [2.45, 2.75) is 103 Å². The maximum absolute atomic E-state index is 12.6. The quantitative estimate of drug-likeness (QED) is 0.188. The van der Waals surface area contributed by atoms with Crippen molar-refractivity contribution in [3.8, 4) is 0 Å². The number of anilines is 1. The Kier molecular flexibility index (Phi) is 8.53. The number of nitrogens with zero attached hydrogens (tertiary/aromatic N) is 2. The Bertz CT molecular complexity index is 824. The lowest BCUT2D eigenvalue weighted by Gasteiger charge is -2.38. The molecule has 0 radical (unpaired) electrons. The molecule has 3 atom stereocenters. The van der Waals surface area contributed by atoms with Crippen molar-refractivity contribution in [3.63, 3.8) is 0 Å². The maximum atomic E-state index is 12.6. The average Bonchev–Trinajstić information content (AvgIpc) is 3.02. The first kappa shape index (κ1) is 28.0. The van der Waals surface area contributed by atoms with Gasteiger partial charge >= 0.3 is 5.69 Å². The third-order valence-corrected chi connectivity index (χ3v) is 17.0. The summed E-state index contributed by atoms with van der Waals surface area (Å²) in [6.45, 7) is 22.8. The first-order chi connectivity index (χ1) is 14.4. The van der Waals surface area contributed by atoms with Gasteiger partial charge in [0.15, 0.2) is 8.32 Å². The summed E-state index contributed by atoms with van der Waals surface area (Å²) in [6, 6.07) is -0.0230. The zero-order valence-corrected chi connectivity index (χ0v) is 25.6. The van der Waals surface area contributed by atoms with E-state index in [1.54, 1.807) is 10.8 Å². The molecule has 0 bridgehead atoms. The van der Waals surface area contributed by atoms with E-state index in [-0.39, 0.29) is 39.6 Å². The normalized spacial score (nSPS) is 23.0. The van der Waals surface area contributed by atoms with Crippen molar-refractivity contribution in [1.82, 2.24) is 9.55 Å². The molecule has 1 aromatic rings. The molecule has 1 aromatic heterocycles. The van der Waals surface area contributed by atoms with Crippen LogP contribution in [0.5, 0.6) is 0 Å². The van der Waals surface area contributed by atoms with E-state index in [4.69, 9.17) is 19.6 Å². The molecule has 0 unspecified atom stereocenters. The number of nitrogen functional groups attached to an aromatic ring is 1. The Morgan fingerprint density at radius 1 is 1.09 bits per heavy atom. The highest BCUT2D eigenvalue weighted by Gasteiger charge is 2.44. The molecule has 1 aliphatic rings. The van der Waals surface area contributed by atoms with Crippen molar-refractivity contribution in [3.05, 3.63) is 20.3 Å². The number of hydrogen-bond donors (Lipinski definition) is 1. The van der Waals surface area contributed by atoms with Crippen LogP contribution >= 0.6 is 22.6 Å². The van der Waals surface area contributed by atoms with Crippen LogP contribution in [0.25, 0.3) is 0 Å². The summed E-state index contributed by atoms with van der Waals surface area (Å²) in [5, 5.41) is 0.180. The summed E-state index contributed by atoms with van der Waals surface area (Å²) in [4.78, 5) is 22.7. The van der Waals surface area contributed by atoms with Crippen LogP contribution in [0.1, 0.15) is 60.4 Å². The Morgan fingerprint density at radius 2 is 1.66 bits per heavy atom. The molecule has 0 saturated heterocycles. The fraction of sp³-hybridized carbons (Fsp3) is 0.818. The molecule has 10 heteroatoms. The van der Waals surface area contributed by atoms with Crippen molar-refractivity contribution in [1.29, 1.82) is 0 Å². The third kappa shape index (κ3) is 6.44. The van der Waals surface area contributed by atoms with Gasteiger partial charge in [0, 0.05) is 24.8 Å². The highest BCUT2D eigenvalue weighted by Crippen LogP contribution is 2.42. The molecule has 0 aromatic carbocycles. The topological polar surface area (TPSA) is 88.6 Å². The fourth-order valence-corrected chi connectivity index (χ4v) is 5.24. The molecule has 1 aliphatic carbocycles. The second kappa shape index (κ2) is 9.76. The van der Waals surface area contributed by atoms with Gasteiger partial charge in [-0.25, -0.2) is 9.68 Å². The van der Waals surface area contributed by atoms with Crippen LogP contribution in [0, 0.1) is 9.49 Å². The van der Waals surface area contributed by atoms with Crippen LogP contribution in [0.2, 0.25) is 36.3 Å². The number of rotatable bonds is 7. The largest absolute Gasteiger partial charge is 0.416 e. The molecule has 2 rings (SSSR count). The Labute approximate surface area is 209 Å². The van der Waals surface area contributed by atoms with E-state index in [0.29, 0.717) is 13.0 Å². The first-order valence-corrected chi connectivity index (χ1v) is 18.3. The van der Waals surface area contributed by atoms with Gasteiger partial charge in [0.05, 0.1) is 9.67 Å². The zero-order valence-electron chi connectivity index (χ0n) is 21.4. The van der Waals surface area contributed by atoms with E-state index >= 15 is 0 Å². The van der Waals surface area contributed by atoms with Crippen LogP contribution < -0.4 is 11.4 Å². The van der Waals surface area contributed by atoms with Crippen molar-refractivity contribution < 1.29 is 13.9 Å². The summed E-state index contributed by atoms with van der Waals surface area (Å²) in [5.41, 5.74) is 5.51. The molecule has 2 N–H and O–H groups in total. The molecular formula is C22H42IN3O4Si2. The van der Waals surface area contributed by atoms with Gasteiger partial charge in [-0.3, -0.25) is 9.14 Å². The van der Waals surface area contributed by atoms with Gasteiger partial charge in [0.2, 0.25) is 8.32 Å². The molecule has 1 saturated carbocycles. The molecule has 32 heavy (non-hydrogen) atoms. The van der Waals surface area contributed by atoms with Crippen molar-refractivity contribution in [2.24, 2.45) is 5.92 Å². The van der Waals surface area contributed by atoms with Crippen LogP contribution in [0.4, 0.5) is 5.82 Å². The molecule has 0 amide bonds. The fourth-order valence-electron chi connectivity index (χ4n) is 3.14. The number of aromatic nitrogens is 2. The van der Waals surface area contributed by atoms with Gasteiger partial charge in [-0.1, -0.05) is 41.5 Å². The predicted octanol–water partition coefficient (Wildman–Crippen LogP) is 5.73. The van der Waals surface area contributed by atoms with Gasteiger partial charge in [-0.2, -0.15) is 4.98 Å². The van der Waals surface area contributed by atoms with E-state index in [9.17, 15) is 4.79 Å². The highest BCUT2D eigenvalue weighted by molar-refractivity contribution is 14.1. The molecule has 0 aliphatic heterocycles. The maximum Gasteiger partial charge on any atom is 0.349 e. The summed E-state index contributed by atoms with van der Waals surface area (Å²) < 4.78 is 15.2. The molecule has 1 fully saturated rings. The molecule has 1 heterocycles. The van der Waals surface area contributed by atoms with Gasteiger partial charge in [-0.05, 0) is 71.7 Å². The van der Waals surface area contributed by atoms with Crippen LogP contribution in [-0.4, -0.2) is 38.9 Å². The molecular weight excluding hydrogens is 553 g/mol. The van der Waals surface area contributed by atoms with E-state index in [2.05, 4.69) is 95.3 Å². The lowest BCUT2D eigenvalue weighted by Crippen LogP contribution is -2.44. The van der Waals surface area contributed by atoms with Crippen molar-refractivity contribution >= 4 is 45.0 Å². The van der Waals surface area contributed by atoms with E-state index in [1.165, 1.54) is 0 Å². The Balaban J connectivity index is 2.25. The second-order valence-electron chi connectivity index (χ2n) is 12.1. The minimum absolute atomic E-state index is 0.0230. The monoisotopic (exact) mass is 595 g/mol. The standard InChI is InChI=1S/C22H42IN3O4Si2/c1-21(2,3)31(7,8)28-14-15-11-16(26-13-17(23)19(24)25-20(26)27)12-18(15)29-30-32(9,10)22(4,5)6/h13,15-16,18H,11-12,14H2,1-10H3,(H2,24,25,27)/t15-,16-,18-/m1/s1.